The van der Waals surface area contributed by atoms with Gasteiger partial charge in [0.2, 0.25) is 5.91 Å². The van der Waals surface area contributed by atoms with Gasteiger partial charge in [-0.25, -0.2) is 5.01 Å². The molecule has 34 heavy (non-hydrogen) atoms. The Bertz CT molecular complexity index is 1210. The molecular formula is C25H25N3O5S. The predicted octanol–water partition coefficient (Wildman–Crippen LogP) is 4.48. The molecule has 1 aliphatic heterocycles. The lowest BCUT2D eigenvalue weighted by atomic mass is 10.0. The van der Waals surface area contributed by atoms with Gasteiger partial charge in [0.15, 0.2) is 18.1 Å². The van der Waals surface area contributed by atoms with E-state index < -0.39 is 0 Å². The molecule has 1 aliphatic rings. The number of ether oxygens (including phenoxy) is 3. The molecule has 0 fully saturated rings. The molecule has 1 unspecified atom stereocenters. The first kappa shape index (κ1) is 23.3. The van der Waals surface area contributed by atoms with Gasteiger partial charge in [0, 0.05) is 13.3 Å². The zero-order valence-electron chi connectivity index (χ0n) is 19.1. The van der Waals surface area contributed by atoms with Crippen molar-refractivity contribution in [1.82, 2.24) is 5.01 Å². The fourth-order valence-corrected chi connectivity index (χ4v) is 4.46. The Labute approximate surface area is 201 Å². The number of rotatable bonds is 8. The SMILES string of the molecule is COc1ccc(C2CC(c3cccs3)=NN2C(=O)COc2ccccc2NC(C)=O)cc1OC. The van der Waals surface area contributed by atoms with E-state index in [1.54, 1.807) is 49.8 Å². The molecule has 0 saturated carbocycles. The maximum atomic E-state index is 13.3. The summed E-state index contributed by atoms with van der Waals surface area (Å²) >= 11 is 1.58. The number of thiophene rings is 1. The van der Waals surface area contributed by atoms with E-state index in [4.69, 9.17) is 14.2 Å². The van der Waals surface area contributed by atoms with Crippen molar-refractivity contribution in [2.45, 2.75) is 19.4 Å². The number of carbonyl (C=O) groups excluding carboxylic acids is 2. The van der Waals surface area contributed by atoms with Gasteiger partial charge < -0.3 is 19.5 Å². The van der Waals surface area contributed by atoms with E-state index in [2.05, 4.69) is 10.4 Å². The molecule has 0 saturated heterocycles. The topological polar surface area (TPSA) is 89.5 Å². The van der Waals surface area contributed by atoms with Crippen molar-refractivity contribution in [2.24, 2.45) is 5.10 Å². The summed E-state index contributed by atoms with van der Waals surface area (Å²) in [4.78, 5) is 25.8. The maximum Gasteiger partial charge on any atom is 0.281 e. The van der Waals surface area contributed by atoms with E-state index in [1.807, 2.05) is 35.7 Å². The molecule has 2 amide bonds. The first-order chi connectivity index (χ1) is 16.5. The second-order valence-electron chi connectivity index (χ2n) is 7.56. The van der Waals surface area contributed by atoms with E-state index in [0.29, 0.717) is 29.4 Å². The van der Waals surface area contributed by atoms with Crippen LogP contribution in [-0.2, 0) is 9.59 Å². The van der Waals surface area contributed by atoms with Gasteiger partial charge in [0.1, 0.15) is 5.75 Å². The van der Waals surface area contributed by atoms with Gasteiger partial charge in [0.25, 0.3) is 5.91 Å². The highest BCUT2D eigenvalue weighted by Gasteiger charge is 2.34. The molecule has 1 aromatic heterocycles. The van der Waals surface area contributed by atoms with Gasteiger partial charge in [-0.1, -0.05) is 24.3 Å². The van der Waals surface area contributed by atoms with Crippen LogP contribution >= 0.6 is 11.3 Å². The highest BCUT2D eigenvalue weighted by atomic mass is 32.1. The Kier molecular flexibility index (Phi) is 7.12. The van der Waals surface area contributed by atoms with Crippen LogP contribution in [0.1, 0.15) is 29.8 Å². The van der Waals surface area contributed by atoms with Gasteiger partial charge >= 0.3 is 0 Å². The molecule has 4 rings (SSSR count). The summed E-state index contributed by atoms with van der Waals surface area (Å²) in [5, 5.41) is 10.8. The minimum atomic E-state index is -0.321. The third kappa shape index (κ3) is 5.04. The van der Waals surface area contributed by atoms with Crippen LogP contribution in [0.15, 0.2) is 65.1 Å². The molecule has 9 heteroatoms. The lowest BCUT2D eigenvalue weighted by molar-refractivity contribution is -0.135. The molecule has 0 spiro atoms. The summed E-state index contributed by atoms with van der Waals surface area (Å²) in [5.74, 6) is 1.08. The number of hydrogen-bond donors (Lipinski definition) is 1. The van der Waals surface area contributed by atoms with Crippen LogP contribution in [-0.4, -0.2) is 43.4 Å². The maximum absolute atomic E-state index is 13.3. The fraction of sp³-hybridized carbons (Fsp3) is 0.240. The Morgan fingerprint density at radius 3 is 2.56 bits per heavy atom. The standard InChI is InChI=1S/C25H25N3O5S/c1-16(29)26-18-7-4-5-8-21(18)33-15-25(30)28-20(14-19(27-28)24-9-6-12-34-24)17-10-11-22(31-2)23(13-17)32-3/h4-13,20H,14-15H2,1-3H3,(H,26,29). The predicted molar refractivity (Wildman–Crippen MR) is 131 cm³/mol. The van der Waals surface area contributed by atoms with Crippen molar-refractivity contribution in [3.05, 3.63) is 70.4 Å². The van der Waals surface area contributed by atoms with Crippen molar-refractivity contribution in [2.75, 3.05) is 26.1 Å². The molecule has 1 N–H and O–H groups in total. The Morgan fingerprint density at radius 2 is 1.85 bits per heavy atom. The minimum absolute atomic E-state index is 0.222. The summed E-state index contributed by atoms with van der Waals surface area (Å²) in [6, 6.07) is 16.2. The summed E-state index contributed by atoms with van der Waals surface area (Å²) in [6.07, 6.45) is 0.560. The smallest absolute Gasteiger partial charge is 0.281 e. The fourth-order valence-electron chi connectivity index (χ4n) is 3.74. The quantitative estimate of drug-likeness (QED) is 0.515. The van der Waals surface area contributed by atoms with Gasteiger partial charge in [-0.05, 0) is 41.3 Å². The van der Waals surface area contributed by atoms with E-state index in [0.717, 1.165) is 16.2 Å². The number of nitrogens with zero attached hydrogens (tertiary/aromatic N) is 2. The first-order valence-corrected chi connectivity index (χ1v) is 11.5. The van der Waals surface area contributed by atoms with Gasteiger partial charge in [0.05, 0.1) is 36.5 Å². The van der Waals surface area contributed by atoms with E-state index in [1.165, 1.54) is 11.9 Å². The van der Waals surface area contributed by atoms with Gasteiger partial charge in [-0.15, -0.1) is 11.3 Å². The van der Waals surface area contributed by atoms with Crippen LogP contribution in [0.4, 0.5) is 5.69 Å². The third-order valence-corrected chi connectivity index (χ3v) is 6.23. The zero-order chi connectivity index (χ0) is 24.1. The molecule has 1 atom stereocenters. The average Bonchev–Trinajstić information content (AvgIpc) is 3.53. The minimum Gasteiger partial charge on any atom is -0.493 e. The second-order valence-corrected chi connectivity index (χ2v) is 8.51. The highest BCUT2D eigenvalue weighted by molar-refractivity contribution is 7.12. The zero-order valence-corrected chi connectivity index (χ0v) is 19.9. The molecule has 2 aromatic carbocycles. The molecule has 176 valence electrons. The number of carbonyl (C=O) groups is 2. The Morgan fingerprint density at radius 1 is 1.06 bits per heavy atom. The van der Waals surface area contributed by atoms with E-state index in [9.17, 15) is 9.59 Å². The number of para-hydroxylation sites is 2. The summed E-state index contributed by atoms with van der Waals surface area (Å²) in [7, 11) is 3.16. The summed E-state index contributed by atoms with van der Waals surface area (Å²) < 4.78 is 16.6. The second kappa shape index (κ2) is 10.4. The van der Waals surface area contributed by atoms with E-state index in [-0.39, 0.29) is 24.5 Å². The molecule has 3 aromatic rings. The normalized spacial score (nSPS) is 15.0. The number of amides is 2. The molecule has 0 radical (unpaired) electrons. The number of anilines is 1. The molecule has 8 nitrogen and oxygen atoms in total. The Hall–Kier alpha value is -3.85. The van der Waals surface area contributed by atoms with Crippen molar-refractivity contribution in [1.29, 1.82) is 0 Å². The first-order valence-electron chi connectivity index (χ1n) is 10.6. The molecular weight excluding hydrogens is 454 g/mol. The monoisotopic (exact) mass is 479 g/mol. The van der Waals surface area contributed by atoms with Crippen LogP contribution < -0.4 is 19.5 Å². The lowest BCUT2D eigenvalue weighted by Crippen LogP contribution is -2.31. The highest BCUT2D eigenvalue weighted by Crippen LogP contribution is 2.38. The van der Waals surface area contributed by atoms with Crippen LogP contribution in [0.25, 0.3) is 0 Å². The van der Waals surface area contributed by atoms with Crippen molar-refractivity contribution in [3.8, 4) is 17.2 Å². The summed E-state index contributed by atoms with van der Waals surface area (Å²) in [5.41, 5.74) is 2.21. The Balaban J connectivity index is 1.59. The average molecular weight is 480 g/mol. The molecule has 0 aliphatic carbocycles. The van der Waals surface area contributed by atoms with Crippen LogP contribution in [0.5, 0.6) is 17.2 Å². The van der Waals surface area contributed by atoms with Crippen LogP contribution in [0, 0.1) is 0 Å². The summed E-state index contributed by atoms with van der Waals surface area (Å²) in [6.45, 7) is 1.18. The number of nitrogens with one attached hydrogen (secondary N) is 1. The van der Waals surface area contributed by atoms with Crippen LogP contribution in [0.3, 0.4) is 0 Å². The lowest BCUT2D eigenvalue weighted by Gasteiger charge is -2.23. The third-order valence-electron chi connectivity index (χ3n) is 5.31. The largest absolute Gasteiger partial charge is 0.493 e. The van der Waals surface area contributed by atoms with Gasteiger partial charge in [-0.2, -0.15) is 5.10 Å². The van der Waals surface area contributed by atoms with Crippen molar-refractivity contribution in [3.63, 3.8) is 0 Å². The molecule has 2 heterocycles. The number of hydrazone groups is 1. The molecule has 0 bridgehead atoms. The number of methoxy groups -OCH3 is 2. The number of hydrogen-bond acceptors (Lipinski definition) is 7. The van der Waals surface area contributed by atoms with Crippen molar-refractivity contribution < 1.29 is 23.8 Å². The van der Waals surface area contributed by atoms with E-state index >= 15 is 0 Å². The van der Waals surface area contributed by atoms with Crippen molar-refractivity contribution >= 4 is 34.6 Å². The van der Waals surface area contributed by atoms with Gasteiger partial charge in [-0.3, -0.25) is 9.59 Å². The number of benzene rings is 2. The van der Waals surface area contributed by atoms with Crippen LogP contribution in [0.2, 0.25) is 0 Å².